The molecule has 116 valence electrons. The summed E-state index contributed by atoms with van der Waals surface area (Å²) in [6.07, 6.45) is 2.03. The minimum atomic E-state index is -3.39. The first kappa shape index (κ1) is 17.6. The molecule has 0 fully saturated rings. The van der Waals surface area contributed by atoms with Crippen LogP contribution in [0.15, 0.2) is 16.3 Å². The van der Waals surface area contributed by atoms with E-state index < -0.39 is 10.0 Å². The van der Waals surface area contributed by atoms with Crippen molar-refractivity contribution in [3.05, 3.63) is 16.3 Å². The van der Waals surface area contributed by atoms with Gasteiger partial charge in [0, 0.05) is 22.8 Å². The summed E-state index contributed by atoms with van der Waals surface area (Å²) in [5.41, 5.74) is 0. The lowest BCUT2D eigenvalue weighted by molar-refractivity contribution is 0.434. The molecule has 1 rings (SSSR count). The van der Waals surface area contributed by atoms with Gasteiger partial charge in [0.05, 0.1) is 4.90 Å². The fraction of sp³-hybridized carbons (Fsp3) is 0.714. The van der Waals surface area contributed by atoms with E-state index in [1.54, 1.807) is 11.4 Å². The predicted molar refractivity (Wildman–Crippen MR) is 85.6 cm³/mol. The maximum Gasteiger partial charge on any atom is 0.241 e. The Kier molecular flexibility index (Phi) is 7.15. The van der Waals surface area contributed by atoms with E-state index in [0.29, 0.717) is 10.8 Å². The summed E-state index contributed by atoms with van der Waals surface area (Å²) in [4.78, 5) is 1.43. The van der Waals surface area contributed by atoms with Gasteiger partial charge in [0.25, 0.3) is 0 Å². The minimum absolute atomic E-state index is 0.0495. The largest absolute Gasteiger partial charge is 0.312 e. The zero-order valence-electron chi connectivity index (χ0n) is 12.8. The molecule has 1 aromatic heterocycles. The zero-order valence-corrected chi connectivity index (χ0v) is 14.4. The summed E-state index contributed by atoms with van der Waals surface area (Å²) in [5, 5.41) is 5.00. The third-order valence-corrected chi connectivity index (χ3v) is 6.13. The Morgan fingerprint density at radius 1 is 1.30 bits per heavy atom. The molecule has 2 unspecified atom stereocenters. The van der Waals surface area contributed by atoms with Crippen molar-refractivity contribution in [1.29, 1.82) is 0 Å². The van der Waals surface area contributed by atoms with Gasteiger partial charge in [-0.25, -0.2) is 13.1 Å². The first-order chi connectivity index (χ1) is 9.40. The number of nitrogens with one attached hydrogen (secondary N) is 2. The SMILES string of the molecule is CCCNCc1cc(S(=O)(=O)NC(C)C(C)CC)cs1. The highest BCUT2D eigenvalue weighted by Gasteiger charge is 2.21. The van der Waals surface area contributed by atoms with Crippen LogP contribution in [0.25, 0.3) is 0 Å². The second-order valence-corrected chi connectivity index (χ2v) is 7.93. The molecule has 0 amide bonds. The van der Waals surface area contributed by atoms with E-state index in [9.17, 15) is 8.42 Å². The Balaban J connectivity index is 2.68. The van der Waals surface area contributed by atoms with Gasteiger partial charge in [-0.15, -0.1) is 11.3 Å². The normalized spacial score (nSPS) is 15.2. The van der Waals surface area contributed by atoms with E-state index in [2.05, 4.69) is 30.8 Å². The molecule has 4 nitrogen and oxygen atoms in total. The van der Waals surface area contributed by atoms with Crippen LogP contribution < -0.4 is 10.0 Å². The average Bonchev–Trinajstić information content (AvgIpc) is 2.87. The van der Waals surface area contributed by atoms with Gasteiger partial charge < -0.3 is 5.32 Å². The molecule has 0 saturated carbocycles. The van der Waals surface area contributed by atoms with E-state index in [-0.39, 0.29) is 6.04 Å². The van der Waals surface area contributed by atoms with Crippen LogP contribution in [0, 0.1) is 5.92 Å². The first-order valence-electron chi connectivity index (χ1n) is 7.21. The van der Waals surface area contributed by atoms with Crippen LogP contribution in [-0.4, -0.2) is 21.0 Å². The summed E-state index contributed by atoms with van der Waals surface area (Å²) in [5.74, 6) is 0.328. The molecule has 0 spiro atoms. The third-order valence-electron chi connectivity index (χ3n) is 3.50. The highest BCUT2D eigenvalue weighted by atomic mass is 32.2. The highest BCUT2D eigenvalue weighted by Crippen LogP contribution is 2.20. The smallest absolute Gasteiger partial charge is 0.241 e. The molecule has 6 heteroatoms. The van der Waals surface area contributed by atoms with Gasteiger partial charge in [-0.2, -0.15) is 0 Å². The van der Waals surface area contributed by atoms with Crippen molar-refractivity contribution in [2.24, 2.45) is 5.92 Å². The van der Waals surface area contributed by atoms with E-state index >= 15 is 0 Å². The molecule has 2 atom stereocenters. The van der Waals surface area contributed by atoms with E-state index in [1.807, 2.05) is 6.92 Å². The van der Waals surface area contributed by atoms with Crippen LogP contribution in [0.4, 0.5) is 0 Å². The Morgan fingerprint density at radius 3 is 2.60 bits per heavy atom. The van der Waals surface area contributed by atoms with Crippen molar-refractivity contribution in [3.63, 3.8) is 0 Å². The van der Waals surface area contributed by atoms with Gasteiger partial charge >= 0.3 is 0 Å². The van der Waals surface area contributed by atoms with Crippen LogP contribution >= 0.6 is 11.3 Å². The van der Waals surface area contributed by atoms with Crippen molar-refractivity contribution in [2.45, 2.75) is 58.0 Å². The molecule has 1 aromatic rings. The molecule has 1 heterocycles. The summed E-state index contributed by atoms with van der Waals surface area (Å²) in [7, 11) is -3.39. The lowest BCUT2D eigenvalue weighted by Gasteiger charge is -2.19. The fourth-order valence-corrected chi connectivity index (χ4v) is 4.36. The number of thiophene rings is 1. The Hall–Kier alpha value is -0.430. The van der Waals surface area contributed by atoms with E-state index in [1.165, 1.54) is 11.3 Å². The summed E-state index contributed by atoms with van der Waals surface area (Å²) in [6.45, 7) is 9.83. The standard InChI is InChI=1S/C14H26N2O2S2/c1-5-7-15-9-13-8-14(10-19-13)20(17,18)16-12(4)11(3)6-2/h8,10-12,15-16H,5-7,9H2,1-4H3. The van der Waals surface area contributed by atoms with Crippen LogP contribution in [-0.2, 0) is 16.6 Å². The molecule has 0 aliphatic carbocycles. The summed E-state index contributed by atoms with van der Waals surface area (Å²) < 4.78 is 27.3. The minimum Gasteiger partial charge on any atom is -0.312 e. The van der Waals surface area contributed by atoms with Crippen molar-refractivity contribution >= 4 is 21.4 Å². The summed E-state index contributed by atoms with van der Waals surface area (Å²) in [6, 6.07) is 1.71. The van der Waals surface area contributed by atoms with Crippen LogP contribution in [0.1, 0.15) is 45.4 Å². The average molecular weight is 319 g/mol. The Bertz CT molecular complexity index is 497. The predicted octanol–water partition coefficient (Wildman–Crippen LogP) is 2.96. The quantitative estimate of drug-likeness (QED) is 0.688. The Morgan fingerprint density at radius 2 is 2.00 bits per heavy atom. The number of hydrogen-bond acceptors (Lipinski definition) is 4. The van der Waals surface area contributed by atoms with Crippen molar-refractivity contribution in [3.8, 4) is 0 Å². The third kappa shape index (κ3) is 5.16. The van der Waals surface area contributed by atoms with E-state index in [0.717, 1.165) is 30.8 Å². The zero-order chi connectivity index (χ0) is 15.2. The second-order valence-electron chi connectivity index (χ2n) is 5.22. The molecule has 0 bridgehead atoms. The summed E-state index contributed by atoms with van der Waals surface area (Å²) >= 11 is 1.49. The van der Waals surface area contributed by atoms with Gasteiger partial charge in [-0.1, -0.05) is 27.2 Å². The van der Waals surface area contributed by atoms with Crippen LogP contribution in [0.3, 0.4) is 0 Å². The maximum absolute atomic E-state index is 12.3. The highest BCUT2D eigenvalue weighted by molar-refractivity contribution is 7.89. The van der Waals surface area contributed by atoms with Crippen molar-refractivity contribution < 1.29 is 8.42 Å². The lowest BCUT2D eigenvalue weighted by Crippen LogP contribution is -2.36. The van der Waals surface area contributed by atoms with Gasteiger partial charge in [0.15, 0.2) is 0 Å². The van der Waals surface area contributed by atoms with Gasteiger partial charge in [-0.3, -0.25) is 0 Å². The van der Waals surface area contributed by atoms with Crippen molar-refractivity contribution in [2.75, 3.05) is 6.54 Å². The first-order valence-corrected chi connectivity index (χ1v) is 9.57. The second kappa shape index (κ2) is 8.12. The van der Waals surface area contributed by atoms with Crippen molar-refractivity contribution in [1.82, 2.24) is 10.0 Å². The monoisotopic (exact) mass is 318 g/mol. The number of hydrogen-bond donors (Lipinski definition) is 2. The molecule has 0 aromatic carbocycles. The molecular formula is C14H26N2O2S2. The van der Waals surface area contributed by atoms with Gasteiger partial charge in [0.1, 0.15) is 0 Å². The molecule has 0 saturated heterocycles. The van der Waals surface area contributed by atoms with Gasteiger partial charge in [-0.05, 0) is 31.9 Å². The fourth-order valence-electron chi connectivity index (χ4n) is 1.76. The number of rotatable bonds is 9. The molecule has 20 heavy (non-hydrogen) atoms. The molecule has 0 aliphatic rings. The molecule has 2 N–H and O–H groups in total. The van der Waals surface area contributed by atoms with E-state index in [4.69, 9.17) is 0 Å². The van der Waals surface area contributed by atoms with Gasteiger partial charge in [0.2, 0.25) is 10.0 Å². The topological polar surface area (TPSA) is 58.2 Å². The Labute approximate surface area is 127 Å². The van der Waals surface area contributed by atoms with Crippen LogP contribution in [0.2, 0.25) is 0 Å². The lowest BCUT2D eigenvalue weighted by atomic mass is 10.0. The van der Waals surface area contributed by atoms with Crippen LogP contribution in [0.5, 0.6) is 0 Å². The molecular weight excluding hydrogens is 292 g/mol. The molecule has 0 aliphatic heterocycles. The molecule has 0 radical (unpaired) electrons. The number of sulfonamides is 1. The maximum atomic E-state index is 12.3.